The van der Waals surface area contributed by atoms with Crippen LogP contribution in [0, 0.1) is 0 Å². The molecule has 138 valence electrons. The normalized spacial score (nSPS) is 26.5. The minimum Gasteiger partial charge on any atom is -0.382 e. The highest BCUT2D eigenvalue weighted by Crippen LogP contribution is 2.35. The number of nitrogens with zero attached hydrogens (tertiary/aromatic N) is 4. The number of nitrogens with two attached hydrogens (primary N) is 1. The first kappa shape index (κ1) is 18.0. The van der Waals surface area contributed by atoms with Crippen LogP contribution in [-0.2, 0) is 23.7 Å². The van der Waals surface area contributed by atoms with Gasteiger partial charge in [0.25, 0.3) is 0 Å². The van der Waals surface area contributed by atoms with E-state index in [0.29, 0.717) is 36.8 Å². The fourth-order valence-electron chi connectivity index (χ4n) is 3.02. The van der Waals surface area contributed by atoms with E-state index in [4.69, 9.17) is 29.4 Å². The van der Waals surface area contributed by atoms with Crippen molar-refractivity contribution < 1.29 is 23.7 Å². The Labute approximate surface area is 145 Å². The van der Waals surface area contributed by atoms with Crippen LogP contribution in [0.25, 0.3) is 11.2 Å². The van der Waals surface area contributed by atoms with Crippen molar-refractivity contribution >= 4 is 17.0 Å². The summed E-state index contributed by atoms with van der Waals surface area (Å²) < 4.78 is 29.9. The molecule has 1 aliphatic rings. The van der Waals surface area contributed by atoms with Gasteiger partial charge in [0, 0.05) is 21.3 Å². The third kappa shape index (κ3) is 3.44. The van der Waals surface area contributed by atoms with Crippen molar-refractivity contribution in [2.45, 2.75) is 24.5 Å². The number of hydrogen-bond donors (Lipinski definition) is 1. The van der Waals surface area contributed by atoms with Crippen LogP contribution >= 0.6 is 0 Å². The monoisotopic (exact) mass is 353 g/mol. The second-order valence-corrected chi connectivity index (χ2v) is 5.63. The van der Waals surface area contributed by atoms with E-state index in [1.54, 1.807) is 32.2 Å². The molecule has 0 radical (unpaired) electrons. The van der Waals surface area contributed by atoms with Gasteiger partial charge in [0.05, 0.1) is 26.1 Å². The molecule has 25 heavy (non-hydrogen) atoms. The van der Waals surface area contributed by atoms with E-state index in [2.05, 4.69) is 15.0 Å². The molecule has 0 amide bonds. The smallest absolute Gasteiger partial charge is 0.167 e. The van der Waals surface area contributed by atoms with Crippen LogP contribution in [0.2, 0.25) is 0 Å². The average molecular weight is 353 g/mol. The zero-order chi connectivity index (χ0) is 17.8. The van der Waals surface area contributed by atoms with Crippen LogP contribution in [0.15, 0.2) is 12.7 Å². The van der Waals surface area contributed by atoms with Crippen molar-refractivity contribution in [3.63, 3.8) is 0 Å². The summed E-state index contributed by atoms with van der Waals surface area (Å²) >= 11 is 0. The fraction of sp³-hybridized carbons (Fsp3) is 0.667. The zero-order valence-corrected chi connectivity index (χ0v) is 14.5. The van der Waals surface area contributed by atoms with E-state index < -0.39 is 6.23 Å². The maximum Gasteiger partial charge on any atom is 0.167 e. The molecule has 2 aromatic rings. The number of aromatic nitrogens is 4. The molecule has 2 N–H and O–H groups in total. The van der Waals surface area contributed by atoms with Crippen molar-refractivity contribution in [3.8, 4) is 0 Å². The predicted octanol–water partition coefficient (Wildman–Crippen LogP) is -0.00110. The summed E-state index contributed by atoms with van der Waals surface area (Å²) in [6.07, 6.45) is 1.55. The van der Waals surface area contributed by atoms with Gasteiger partial charge >= 0.3 is 0 Å². The van der Waals surface area contributed by atoms with Gasteiger partial charge in [0.15, 0.2) is 17.7 Å². The molecule has 0 aliphatic carbocycles. The number of methoxy groups -OCH3 is 3. The van der Waals surface area contributed by atoms with E-state index in [1.165, 1.54) is 6.33 Å². The second-order valence-electron chi connectivity index (χ2n) is 5.63. The topological polar surface area (TPSA) is 116 Å². The molecular formula is C15H23N5O5. The molecule has 2 aromatic heterocycles. The Morgan fingerprint density at radius 2 is 1.96 bits per heavy atom. The second kappa shape index (κ2) is 8.02. The first-order valence-corrected chi connectivity index (χ1v) is 7.92. The van der Waals surface area contributed by atoms with Crippen LogP contribution in [0.1, 0.15) is 6.23 Å². The SMILES string of the molecule is COCCO[C@@H]1[C@H](OC)[C@@H](COC)O[C@H]1n1cnc2c(N)ncnc21. The minimum atomic E-state index is -0.485. The highest BCUT2D eigenvalue weighted by atomic mass is 16.6. The number of imidazole rings is 1. The van der Waals surface area contributed by atoms with Crippen LogP contribution < -0.4 is 5.73 Å². The largest absolute Gasteiger partial charge is 0.382 e. The highest BCUT2D eigenvalue weighted by Gasteiger charge is 2.47. The summed E-state index contributed by atoms with van der Waals surface area (Å²) in [6, 6.07) is 0. The number of hydrogen-bond acceptors (Lipinski definition) is 9. The Balaban J connectivity index is 1.93. The number of nitrogen functional groups attached to an aromatic ring is 1. The fourth-order valence-corrected chi connectivity index (χ4v) is 3.02. The van der Waals surface area contributed by atoms with E-state index in [-0.39, 0.29) is 18.3 Å². The number of fused-ring (bicyclic) bond motifs is 1. The molecule has 1 aliphatic heterocycles. The van der Waals surface area contributed by atoms with Gasteiger partial charge in [-0.15, -0.1) is 0 Å². The van der Waals surface area contributed by atoms with Gasteiger partial charge in [-0.2, -0.15) is 0 Å². The first-order valence-electron chi connectivity index (χ1n) is 7.92. The Morgan fingerprint density at radius 1 is 1.12 bits per heavy atom. The Bertz CT molecular complexity index is 696. The number of anilines is 1. The lowest BCUT2D eigenvalue weighted by molar-refractivity contribution is -0.0820. The number of ether oxygens (including phenoxy) is 5. The van der Waals surface area contributed by atoms with Gasteiger partial charge in [-0.25, -0.2) is 15.0 Å². The molecule has 0 aromatic carbocycles. The van der Waals surface area contributed by atoms with Crippen LogP contribution in [-0.4, -0.2) is 79.0 Å². The molecule has 10 heteroatoms. The molecule has 4 atom stereocenters. The van der Waals surface area contributed by atoms with E-state index in [1.807, 2.05) is 0 Å². The third-order valence-corrected chi connectivity index (χ3v) is 4.15. The Hall–Kier alpha value is -1.85. The van der Waals surface area contributed by atoms with Gasteiger partial charge in [0.2, 0.25) is 0 Å². The lowest BCUT2D eigenvalue weighted by Crippen LogP contribution is -2.38. The van der Waals surface area contributed by atoms with Gasteiger partial charge in [-0.1, -0.05) is 0 Å². The van der Waals surface area contributed by atoms with Gasteiger partial charge in [0.1, 0.15) is 30.2 Å². The quantitative estimate of drug-likeness (QED) is 0.654. The molecule has 1 fully saturated rings. The molecule has 0 spiro atoms. The van der Waals surface area contributed by atoms with Crippen LogP contribution in [0.5, 0.6) is 0 Å². The molecule has 3 heterocycles. The summed E-state index contributed by atoms with van der Waals surface area (Å²) in [7, 11) is 4.86. The van der Waals surface area contributed by atoms with E-state index in [0.717, 1.165) is 0 Å². The highest BCUT2D eigenvalue weighted by molar-refractivity contribution is 5.81. The van der Waals surface area contributed by atoms with Crippen molar-refractivity contribution in [2.24, 2.45) is 0 Å². The first-order chi connectivity index (χ1) is 12.2. The molecule has 1 saturated heterocycles. The molecule has 0 saturated carbocycles. The maximum absolute atomic E-state index is 6.15. The number of rotatable bonds is 8. The van der Waals surface area contributed by atoms with Crippen LogP contribution in [0.3, 0.4) is 0 Å². The summed E-state index contributed by atoms with van der Waals surface area (Å²) in [5.41, 5.74) is 6.96. The van der Waals surface area contributed by atoms with Gasteiger partial charge < -0.3 is 29.4 Å². The van der Waals surface area contributed by atoms with E-state index >= 15 is 0 Å². The standard InChI is InChI=1S/C15H23N5O5/c1-21-4-5-24-12-11(23-3)9(6-22-2)25-15(12)20-8-19-10-13(16)17-7-18-14(10)20/h7-9,11-12,15H,4-6H2,1-3H3,(H2,16,17,18)/t9-,11-,12-,15-/m1/s1. The lowest BCUT2D eigenvalue weighted by atomic mass is 10.1. The molecule has 10 nitrogen and oxygen atoms in total. The minimum absolute atomic E-state index is 0.288. The van der Waals surface area contributed by atoms with E-state index in [9.17, 15) is 0 Å². The zero-order valence-electron chi connectivity index (χ0n) is 14.5. The van der Waals surface area contributed by atoms with Crippen molar-refractivity contribution in [2.75, 3.05) is 46.9 Å². The lowest BCUT2D eigenvalue weighted by Gasteiger charge is -2.23. The Kier molecular flexibility index (Phi) is 5.76. The van der Waals surface area contributed by atoms with Gasteiger partial charge in [-0.3, -0.25) is 4.57 Å². The van der Waals surface area contributed by atoms with Crippen molar-refractivity contribution in [1.82, 2.24) is 19.5 Å². The van der Waals surface area contributed by atoms with Crippen molar-refractivity contribution in [3.05, 3.63) is 12.7 Å². The average Bonchev–Trinajstić information content (AvgIpc) is 3.18. The predicted molar refractivity (Wildman–Crippen MR) is 87.9 cm³/mol. The molecule has 3 rings (SSSR count). The van der Waals surface area contributed by atoms with Gasteiger partial charge in [-0.05, 0) is 0 Å². The summed E-state index contributed by atoms with van der Waals surface area (Å²) in [4.78, 5) is 12.5. The summed E-state index contributed by atoms with van der Waals surface area (Å²) in [5, 5.41) is 0. The van der Waals surface area contributed by atoms with Crippen LogP contribution in [0.4, 0.5) is 5.82 Å². The summed E-state index contributed by atoms with van der Waals surface area (Å²) in [6.45, 7) is 1.25. The van der Waals surface area contributed by atoms with Crippen molar-refractivity contribution in [1.29, 1.82) is 0 Å². The third-order valence-electron chi connectivity index (χ3n) is 4.15. The summed E-state index contributed by atoms with van der Waals surface area (Å²) in [5.74, 6) is 0.315. The molecule has 0 bridgehead atoms. The molecule has 0 unspecified atom stereocenters. The molecular weight excluding hydrogens is 330 g/mol. The maximum atomic E-state index is 6.15. The Morgan fingerprint density at radius 3 is 2.68 bits per heavy atom.